The van der Waals surface area contributed by atoms with Crippen LogP contribution in [-0.2, 0) is 33.4 Å². The second-order valence-corrected chi connectivity index (χ2v) is 7.70. The Morgan fingerprint density at radius 1 is 1.18 bits per heavy atom. The third-order valence-corrected chi connectivity index (χ3v) is 5.41. The van der Waals surface area contributed by atoms with E-state index in [1.807, 2.05) is 0 Å². The molecule has 10 nitrogen and oxygen atoms in total. The largest absolute Gasteiger partial charge is 0.434 e. The van der Waals surface area contributed by atoms with Crippen molar-refractivity contribution < 1.29 is 37.8 Å². The molecule has 0 aromatic heterocycles. The van der Waals surface area contributed by atoms with Gasteiger partial charge < -0.3 is 29.3 Å². The van der Waals surface area contributed by atoms with Crippen LogP contribution >= 0.6 is 0 Å². The maximum atomic E-state index is 15.0. The monoisotopic (exact) mass is 463 g/mol. The second-order valence-electron chi connectivity index (χ2n) is 7.70. The number of nitrogens with zero attached hydrogens (tertiary/aromatic N) is 2. The Morgan fingerprint density at radius 2 is 1.85 bits per heavy atom. The molecule has 0 saturated carbocycles. The number of esters is 2. The van der Waals surface area contributed by atoms with E-state index in [0.29, 0.717) is 29.9 Å². The van der Waals surface area contributed by atoms with Crippen molar-refractivity contribution in [2.75, 3.05) is 38.2 Å². The average molecular weight is 463 g/mol. The summed E-state index contributed by atoms with van der Waals surface area (Å²) in [6.45, 7) is 5.43. The summed E-state index contributed by atoms with van der Waals surface area (Å²) in [5.74, 6) is -2.61. The number of hydrogen-bond acceptors (Lipinski definition) is 8. The van der Waals surface area contributed by atoms with Crippen LogP contribution < -0.4 is 10.2 Å². The maximum absolute atomic E-state index is 15.0. The minimum absolute atomic E-state index is 0.214. The molecule has 2 aliphatic heterocycles. The van der Waals surface area contributed by atoms with Crippen molar-refractivity contribution in [3.63, 3.8) is 0 Å². The van der Waals surface area contributed by atoms with Crippen molar-refractivity contribution in [1.82, 2.24) is 10.2 Å². The molecule has 3 rings (SSSR count). The van der Waals surface area contributed by atoms with Gasteiger partial charge in [-0.15, -0.1) is 0 Å². The van der Waals surface area contributed by atoms with Gasteiger partial charge >= 0.3 is 11.9 Å². The highest BCUT2D eigenvalue weighted by molar-refractivity contribution is 6.19. The lowest BCUT2D eigenvalue weighted by Crippen LogP contribution is -2.52. The van der Waals surface area contributed by atoms with E-state index in [4.69, 9.17) is 14.2 Å². The van der Waals surface area contributed by atoms with Crippen LogP contribution in [0.25, 0.3) is 5.57 Å². The number of anilines is 1. The summed E-state index contributed by atoms with van der Waals surface area (Å²) in [5.41, 5.74) is 1.39. The fourth-order valence-corrected chi connectivity index (χ4v) is 3.80. The van der Waals surface area contributed by atoms with E-state index in [9.17, 15) is 23.6 Å². The van der Waals surface area contributed by atoms with Gasteiger partial charge in [-0.2, -0.15) is 0 Å². The van der Waals surface area contributed by atoms with Crippen LogP contribution in [0, 0.1) is 5.82 Å². The van der Waals surface area contributed by atoms with Crippen LogP contribution in [-0.4, -0.2) is 74.5 Å². The molecule has 178 valence electrons. The summed E-state index contributed by atoms with van der Waals surface area (Å²) in [7, 11) is 1.27. The van der Waals surface area contributed by atoms with Gasteiger partial charge in [0.1, 0.15) is 5.82 Å². The summed E-state index contributed by atoms with van der Waals surface area (Å²) in [6, 6.07) is 4.44. The van der Waals surface area contributed by atoms with Crippen molar-refractivity contribution in [2.45, 2.75) is 33.3 Å². The molecule has 0 spiro atoms. The van der Waals surface area contributed by atoms with Gasteiger partial charge in [-0.25, -0.2) is 9.18 Å². The standard InChI is InChI=1S/C22H26FN3O7/c1-12-18(21(30)33-19(12)24-13(2)27)15-5-6-17(16(23)11-15)25-7-9-26(10-8-25)20(29)22(31-4)32-14(3)28/h5-6,11,19,22H,7-10H2,1-4H3,(H,24,27)/t19-,22?/m1/s1. The minimum Gasteiger partial charge on any atom is -0.434 e. The maximum Gasteiger partial charge on any atom is 0.341 e. The number of ether oxygens (including phenoxy) is 3. The second kappa shape index (κ2) is 9.99. The molecule has 2 heterocycles. The molecule has 2 atom stereocenters. The Kier molecular flexibility index (Phi) is 7.32. The molecule has 1 saturated heterocycles. The number of methoxy groups -OCH3 is 1. The molecule has 1 unspecified atom stereocenters. The number of halogens is 1. The lowest BCUT2D eigenvalue weighted by atomic mass is 10.0. The third-order valence-electron chi connectivity index (χ3n) is 5.41. The zero-order valence-corrected chi connectivity index (χ0v) is 18.8. The van der Waals surface area contributed by atoms with Crippen molar-refractivity contribution in [3.8, 4) is 0 Å². The topological polar surface area (TPSA) is 114 Å². The lowest BCUT2D eigenvalue weighted by Gasteiger charge is -2.37. The average Bonchev–Trinajstić information content (AvgIpc) is 3.03. The molecule has 0 bridgehead atoms. The first-order valence-electron chi connectivity index (χ1n) is 10.3. The predicted molar refractivity (Wildman–Crippen MR) is 114 cm³/mol. The number of cyclic esters (lactones) is 1. The van der Waals surface area contributed by atoms with Crippen LogP contribution in [0.4, 0.5) is 10.1 Å². The normalized spacial score (nSPS) is 19.3. The van der Waals surface area contributed by atoms with Gasteiger partial charge in [0, 0.05) is 52.7 Å². The van der Waals surface area contributed by atoms with Crippen LogP contribution in [0.1, 0.15) is 26.3 Å². The van der Waals surface area contributed by atoms with Gasteiger partial charge in [0.15, 0.2) is 6.23 Å². The van der Waals surface area contributed by atoms with Gasteiger partial charge in [0.2, 0.25) is 5.91 Å². The molecule has 1 N–H and O–H groups in total. The Balaban J connectivity index is 1.70. The van der Waals surface area contributed by atoms with Crippen LogP contribution in [0.5, 0.6) is 0 Å². The number of carbonyl (C=O) groups is 4. The Bertz CT molecular complexity index is 1000. The zero-order valence-electron chi connectivity index (χ0n) is 18.8. The molecular weight excluding hydrogens is 437 g/mol. The lowest BCUT2D eigenvalue weighted by molar-refractivity contribution is -0.186. The van der Waals surface area contributed by atoms with Crippen LogP contribution in [0.2, 0.25) is 0 Å². The van der Waals surface area contributed by atoms with E-state index in [0.717, 1.165) is 0 Å². The number of hydrogen-bond donors (Lipinski definition) is 1. The number of rotatable bonds is 6. The van der Waals surface area contributed by atoms with Gasteiger partial charge in [0.25, 0.3) is 12.2 Å². The highest BCUT2D eigenvalue weighted by atomic mass is 19.1. The summed E-state index contributed by atoms with van der Waals surface area (Å²) < 4.78 is 30.0. The van der Waals surface area contributed by atoms with E-state index in [1.165, 1.54) is 31.9 Å². The summed E-state index contributed by atoms with van der Waals surface area (Å²) in [4.78, 5) is 50.5. The van der Waals surface area contributed by atoms with E-state index < -0.39 is 36.2 Å². The first-order chi connectivity index (χ1) is 15.6. The van der Waals surface area contributed by atoms with Gasteiger partial charge in [-0.3, -0.25) is 14.4 Å². The number of piperazine rings is 1. The first-order valence-corrected chi connectivity index (χ1v) is 10.3. The van der Waals surface area contributed by atoms with Crippen LogP contribution in [0.15, 0.2) is 23.8 Å². The number of nitrogens with one attached hydrogen (secondary N) is 1. The first kappa shape index (κ1) is 24.2. The summed E-state index contributed by atoms with van der Waals surface area (Å²) >= 11 is 0. The molecule has 0 aliphatic carbocycles. The predicted octanol–water partition coefficient (Wildman–Crippen LogP) is 0.802. The quantitative estimate of drug-likeness (QED) is 0.487. The molecule has 33 heavy (non-hydrogen) atoms. The SMILES string of the molecule is COC(OC(C)=O)C(=O)N1CCN(c2ccc(C3=C(C)[C@H](NC(C)=O)OC3=O)cc2F)CC1. The zero-order chi connectivity index (χ0) is 24.3. The molecule has 11 heteroatoms. The highest BCUT2D eigenvalue weighted by Gasteiger charge is 2.34. The molecule has 2 amide bonds. The fourth-order valence-electron chi connectivity index (χ4n) is 3.80. The van der Waals surface area contributed by atoms with Gasteiger partial charge in [-0.05, 0) is 24.6 Å². The van der Waals surface area contributed by atoms with E-state index in [1.54, 1.807) is 24.0 Å². The van der Waals surface area contributed by atoms with E-state index in [-0.39, 0.29) is 24.6 Å². The summed E-state index contributed by atoms with van der Waals surface area (Å²) in [6.07, 6.45) is -2.18. The number of benzene rings is 1. The molecule has 1 aromatic carbocycles. The minimum atomic E-state index is -1.31. The van der Waals surface area contributed by atoms with Gasteiger partial charge in [-0.1, -0.05) is 6.07 Å². The smallest absolute Gasteiger partial charge is 0.341 e. The molecule has 1 aromatic rings. The van der Waals surface area contributed by atoms with Crippen molar-refractivity contribution >= 4 is 35.0 Å². The number of amides is 2. The van der Waals surface area contributed by atoms with Crippen molar-refractivity contribution in [1.29, 1.82) is 0 Å². The fraction of sp³-hybridized carbons (Fsp3) is 0.455. The molecule has 1 fully saturated rings. The summed E-state index contributed by atoms with van der Waals surface area (Å²) in [5, 5.41) is 2.52. The van der Waals surface area contributed by atoms with E-state index >= 15 is 0 Å². The highest BCUT2D eigenvalue weighted by Crippen LogP contribution is 2.32. The Hall–Kier alpha value is -3.47. The van der Waals surface area contributed by atoms with Crippen molar-refractivity contribution in [3.05, 3.63) is 35.2 Å². The van der Waals surface area contributed by atoms with Crippen molar-refractivity contribution in [2.24, 2.45) is 0 Å². The molecule has 2 aliphatic rings. The number of carbonyl (C=O) groups excluding carboxylic acids is 4. The Labute approximate surface area is 190 Å². The Morgan fingerprint density at radius 3 is 2.39 bits per heavy atom. The van der Waals surface area contributed by atoms with E-state index in [2.05, 4.69) is 5.32 Å². The van der Waals surface area contributed by atoms with Crippen LogP contribution in [0.3, 0.4) is 0 Å². The molecular formula is C22H26FN3O7. The third kappa shape index (κ3) is 5.30. The molecule has 0 radical (unpaired) electrons. The van der Waals surface area contributed by atoms with Gasteiger partial charge in [0.05, 0.1) is 11.3 Å².